The van der Waals surface area contributed by atoms with Gasteiger partial charge < -0.3 is 10.0 Å². The fourth-order valence-electron chi connectivity index (χ4n) is 2.79. The summed E-state index contributed by atoms with van der Waals surface area (Å²) in [6.07, 6.45) is 4.33. The number of rotatable bonds is 3. The molecule has 5 nitrogen and oxygen atoms in total. The maximum Gasteiger partial charge on any atom is 0.326 e. The van der Waals surface area contributed by atoms with Crippen LogP contribution in [0.15, 0.2) is 42.7 Å². The smallest absolute Gasteiger partial charge is 0.326 e. The Morgan fingerprint density at radius 1 is 1.17 bits per heavy atom. The van der Waals surface area contributed by atoms with Crippen LogP contribution in [0.25, 0.3) is 11.1 Å². The molecular weight excluding hydrogens is 316 g/mol. The number of aliphatic carboxylic acids is 1. The summed E-state index contributed by atoms with van der Waals surface area (Å²) in [5.74, 6) is -1.25. The van der Waals surface area contributed by atoms with Crippen molar-refractivity contribution in [3.8, 4) is 11.1 Å². The van der Waals surface area contributed by atoms with Gasteiger partial charge in [0.15, 0.2) is 0 Å². The van der Waals surface area contributed by atoms with Crippen molar-refractivity contribution in [2.24, 2.45) is 0 Å². The third-order valence-corrected chi connectivity index (χ3v) is 4.21. The number of likely N-dealkylation sites (tertiary alicyclic amines) is 1. The van der Waals surface area contributed by atoms with Crippen LogP contribution in [0.4, 0.5) is 0 Å². The molecule has 23 heavy (non-hydrogen) atoms. The van der Waals surface area contributed by atoms with Crippen LogP contribution in [-0.2, 0) is 4.79 Å². The van der Waals surface area contributed by atoms with Crippen LogP contribution in [-0.4, -0.2) is 39.5 Å². The quantitative estimate of drug-likeness (QED) is 0.938. The van der Waals surface area contributed by atoms with Gasteiger partial charge in [0.1, 0.15) is 6.04 Å². The molecule has 1 atom stereocenters. The largest absolute Gasteiger partial charge is 0.480 e. The molecule has 1 aromatic heterocycles. The van der Waals surface area contributed by atoms with Crippen molar-refractivity contribution < 1.29 is 14.7 Å². The SMILES string of the molecule is O=C(O)C1CCCN1C(=O)c1cncc(-c2ccc(Cl)cc2)c1. The maximum atomic E-state index is 12.6. The van der Waals surface area contributed by atoms with E-state index in [4.69, 9.17) is 11.6 Å². The van der Waals surface area contributed by atoms with Gasteiger partial charge in [-0.2, -0.15) is 0 Å². The third kappa shape index (κ3) is 3.19. The predicted molar refractivity (Wildman–Crippen MR) is 86.4 cm³/mol. The Hall–Kier alpha value is -2.40. The number of nitrogens with zero attached hydrogens (tertiary/aromatic N) is 2. The third-order valence-electron chi connectivity index (χ3n) is 3.96. The minimum atomic E-state index is -0.960. The summed E-state index contributed by atoms with van der Waals surface area (Å²) in [7, 11) is 0. The van der Waals surface area contributed by atoms with Gasteiger partial charge in [0.2, 0.25) is 0 Å². The van der Waals surface area contributed by atoms with Crippen LogP contribution in [0, 0.1) is 0 Å². The number of hydrogen-bond donors (Lipinski definition) is 1. The van der Waals surface area contributed by atoms with Gasteiger partial charge in [-0.25, -0.2) is 4.79 Å². The minimum absolute atomic E-state index is 0.293. The number of benzene rings is 1. The van der Waals surface area contributed by atoms with E-state index in [2.05, 4.69) is 4.98 Å². The molecule has 0 aliphatic carbocycles. The van der Waals surface area contributed by atoms with Crippen LogP contribution >= 0.6 is 11.6 Å². The first-order valence-electron chi connectivity index (χ1n) is 7.31. The normalized spacial score (nSPS) is 17.3. The van der Waals surface area contributed by atoms with Gasteiger partial charge >= 0.3 is 5.97 Å². The summed E-state index contributed by atoms with van der Waals surface area (Å²) in [5.41, 5.74) is 2.08. The lowest BCUT2D eigenvalue weighted by Gasteiger charge is -2.21. The predicted octanol–water partition coefficient (Wildman–Crippen LogP) is 3.09. The van der Waals surface area contributed by atoms with E-state index in [1.54, 1.807) is 24.4 Å². The fourth-order valence-corrected chi connectivity index (χ4v) is 2.92. The number of carboxylic acid groups (broad SMARTS) is 1. The standard InChI is InChI=1S/C17H15ClN2O3/c18-14-5-3-11(4-6-14)12-8-13(10-19-9-12)16(21)20-7-1-2-15(20)17(22)23/h3-6,8-10,15H,1-2,7H2,(H,22,23). The van der Waals surface area contributed by atoms with Crippen LogP contribution in [0.2, 0.25) is 5.02 Å². The topological polar surface area (TPSA) is 70.5 Å². The van der Waals surface area contributed by atoms with Crippen LogP contribution in [0.5, 0.6) is 0 Å². The molecule has 1 fully saturated rings. The van der Waals surface area contributed by atoms with Crippen molar-refractivity contribution in [1.82, 2.24) is 9.88 Å². The van der Waals surface area contributed by atoms with E-state index >= 15 is 0 Å². The van der Waals surface area contributed by atoms with E-state index in [-0.39, 0.29) is 5.91 Å². The molecule has 1 amide bonds. The molecule has 1 N–H and O–H groups in total. The van der Waals surface area contributed by atoms with E-state index in [1.165, 1.54) is 11.1 Å². The first-order valence-corrected chi connectivity index (χ1v) is 7.69. The van der Waals surface area contributed by atoms with Crippen molar-refractivity contribution in [2.75, 3.05) is 6.54 Å². The number of carboxylic acids is 1. The number of hydrogen-bond acceptors (Lipinski definition) is 3. The molecule has 0 bridgehead atoms. The van der Waals surface area contributed by atoms with Crippen molar-refractivity contribution in [3.63, 3.8) is 0 Å². The Morgan fingerprint density at radius 3 is 2.61 bits per heavy atom. The van der Waals surface area contributed by atoms with E-state index in [0.29, 0.717) is 30.0 Å². The zero-order valence-electron chi connectivity index (χ0n) is 12.3. The highest BCUT2D eigenvalue weighted by Crippen LogP contribution is 2.24. The minimum Gasteiger partial charge on any atom is -0.480 e. The molecule has 1 aliphatic rings. The van der Waals surface area contributed by atoms with E-state index in [0.717, 1.165) is 11.1 Å². The lowest BCUT2D eigenvalue weighted by atomic mass is 10.1. The zero-order valence-corrected chi connectivity index (χ0v) is 13.0. The summed E-state index contributed by atoms with van der Waals surface area (Å²) in [5, 5.41) is 9.85. The average molecular weight is 331 g/mol. The van der Waals surface area contributed by atoms with Gasteiger partial charge in [0.05, 0.1) is 5.56 Å². The van der Waals surface area contributed by atoms with E-state index in [9.17, 15) is 14.7 Å². The number of aromatic nitrogens is 1. The lowest BCUT2D eigenvalue weighted by Crippen LogP contribution is -2.40. The number of halogens is 1. The highest BCUT2D eigenvalue weighted by Gasteiger charge is 2.34. The summed E-state index contributed by atoms with van der Waals surface area (Å²) < 4.78 is 0. The zero-order chi connectivity index (χ0) is 16.4. The van der Waals surface area contributed by atoms with Crippen molar-refractivity contribution in [3.05, 3.63) is 53.3 Å². The molecule has 1 unspecified atom stereocenters. The Bertz CT molecular complexity index is 746. The first kappa shape index (κ1) is 15.5. The molecule has 1 aliphatic heterocycles. The van der Waals surface area contributed by atoms with E-state index in [1.807, 2.05) is 12.1 Å². The second-order valence-electron chi connectivity index (χ2n) is 5.46. The highest BCUT2D eigenvalue weighted by atomic mass is 35.5. The maximum absolute atomic E-state index is 12.6. The lowest BCUT2D eigenvalue weighted by molar-refractivity contribution is -0.141. The van der Waals surface area contributed by atoms with Crippen molar-refractivity contribution >= 4 is 23.5 Å². The van der Waals surface area contributed by atoms with Crippen LogP contribution in [0.3, 0.4) is 0 Å². The monoisotopic (exact) mass is 330 g/mol. The highest BCUT2D eigenvalue weighted by molar-refractivity contribution is 6.30. The second kappa shape index (κ2) is 6.38. The van der Waals surface area contributed by atoms with Crippen molar-refractivity contribution in [1.29, 1.82) is 0 Å². The molecule has 0 saturated carbocycles. The van der Waals surface area contributed by atoms with Gasteiger partial charge in [0, 0.05) is 29.5 Å². The average Bonchev–Trinajstić information content (AvgIpc) is 3.05. The number of carbonyl (C=O) groups excluding carboxylic acids is 1. The second-order valence-corrected chi connectivity index (χ2v) is 5.90. The molecule has 2 heterocycles. The Morgan fingerprint density at radius 2 is 1.91 bits per heavy atom. The first-order chi connectivity index (χ1) is 11.1. The molecule has 2 aromatic rings. The van der Waals surface area contributed by atoms with Gasteiger partial charge in [-0.3, -0.25) is 9.78 Å². The summed E-state index contributed by atoms with van der Waals surface area (Å²) in [6, 6.07) is 8.23. The van der Waals surface area contributed by atoms with Crippen LogP contribution in [0.1, 0.15) is 23.2 Å². The fraction of sp³-hybridized carbons (Fsp3) is 0.235. The molecular formula is C17H15ClN2O3. The van der Waals surface area contributed by atoms with Gasteiger partial charge in [-0.15, -0.1) is 0 Å². The molecule has 0 spiro atoms. The van der Waals surface area contributed by atoms with Crippen molar-refractivity contribution in [2.45, 2.75) is 18.9 Å². The van der Waals surface area contributed by atoms with Gasteiger partial charge in [0.25, 0.3) is 5.91 Å². The number of carbonyl (C=O) groups is 2. The molecule has 1 saturated heterocycles. The van der Waals surface area contributed by atoms with Crippen LogP contribution < -0.4 is 0 Å². The number of pyridine rings is 1. The van der Waals surface area contributed by atoms with E-state index < -0.39 is 12.0 Å². The summed E-state index contributed by atoms with van der Waals surface area (Å²) in [6.45, 7) is 0.459. The molecule has 0 radical (unpaired) electrons. The molecule has 1 aromatic carbocycles. The molecule has 118 valence electrons. The molecule has 3 rings (SSSR count). The Kier molecular flexibility index (Phi) is 4.30. The summed E-state index contributed by atoms with van der Waals surface area (Å²) >= 11 is 5.88. The van der Waals surface area contributed by atoms with Gasteiger partial charge in [-0.05, 0) is 36.6 Å². The molecule has 6 heteroatoms. The Balaban J connectivity index is 1.89. The number of amides is 1. The van der Waals surface area contributed by atoms with Gasteiger partial charge in [-0.1, -0.05) is 23.7 Å². The summed E-state index contributed by atoms with van der Waals surface area (Å²) in [4.78, 5) is 29.4. The Labute approximate surface area is 138 Å².